The molecule has 136 valence electrons. The maximum Gasteiger partial charge on any atom is 0.233 e. The number of rotatable bonds is 5. The standard InChI is InChI=1S/C17H26N6O2/c1-6-22(17(2,3)4)23(24)20-25-15-8-11-21(12-9-15)16-13-14(18-5)7-10-19-16/h7,10,13,15H,6,8-9,11-12H2,1-4H3/b23-20+. The van der Waals surface area contributed by atoms with E-state index in [1.807, 2.05) is 27.7 Å². The van der Waals surface area contributed by atoms with E-state index >= 15 is 0 Å². The molecule has 8 heteroatoms. The highest BCUT2D eigenvalue weighted by Crippen LogP contribution is 2.23. The first-order valence-corrected chi connectivity index (χ1v) is 8.55. The molecule has 1 aromatic heterocycles. The molecule has 0 amide bonds. The Kier molecular flexibility index (Phi) is 6.02. The van der Waals surface area contributed by atoms with Gasteiger partial charge in [-0.2, -0.15) is 0 Å². The van der Waals surface area contributed by atoms with Crippen LogP contribution >= 0.6 is 0 Å². The fraction of sp³-hybridized carbons (Fsp3) is 0.647. The Balaban J connectivity index is 1.90. The summed E-state index contributed by atoms with van der Waals surface area (Å²) in [6.07, 6.45) is 3.07. The van der Waals surface area contributed by atoms with Crippen LogP contribution in [0.2, 0.25) is 0 Å². The molecule has 0 spiro atoms. The lowest BCUT2D eigenvalue weighted by Crippen LogP contribution is -2.45. The summed E-state index contributed by atoms with van der Waals surface area (Å²) in [5.41, 5.74) is 0.272. The third kappa shape index (κ3) is 4.95. The molecule has 0 bridgehead atoms. The SMILES string of the molecule is [C-]#[N+]c1ccnc(N2CCC(O/N=[N+](/[O-])N(CC)C(C)(C)C)CC2)c1. The van der Waals surface area contributed by atoms with Gasteiger partial charge in [-0.15, -0.1) is 5.01 Å². The highest BCUT2D eigenvalue weighted by molar-refractivity contribution is 5.53. The zero-order valence-electron chi connectivity index (χ0n) is 15.3. The summed E-state index contributed by atoms with van der Waals surface area (Å²) in [4.78, 5) is 15.9. The van der Waals surface area contributed by atoms with E-state index in [2.05, 4.69) is 20.0 Å². The molecule has 0 aromatic carbocycles. The van der Waals surface area contributed by atoms with Crippen molar-refractivity contribution < 1.29 is 9.81 Å². The number of hydrogen-bond acceptors (Lipinski definition) is 5. The van der Waals surface area contributed by atoms with E-state index in [0.29, 0.717) is 17.2 Å². The van der Waals surface area contributed by atoms with E-state index in [4.69, 9.17) is 11.4 Å². The van der Waals surface area contributed by atoms with Gasteiger partial charge in [-0.25, -0.2) is 9.83 Å². The van der Waals surface area contributed by atoms with Crippen molar-refractivity contribution >= 4 is 11.5 Å². The van der Waals surface area contributed by atoms with Crippen LogP contribution in [-0.4, -0.2) is 46.2 Å². The van der Waals surface area contributed by atoms with Crippen LogP contribution in [0.3, 0.4) is 0 Å². The van der Waals surface area contributed by atoms with Gasteiger partial charge in [-0.3, -0.25) is 0 Å². The summed E-state index contributed by atoms with van der Waals surface area (Å²) in [6, 6.07) is 3.49. The normalized spacial score (nSPS) is 16.4. The van der Waals surface area contributed by atoms with Crippen molar-refractivity contribution in [3.63, 3.8) is 0 Å². The van der Waals surface area contributed by atoms with Gasteiger partial charge in [0.15, 0.2) is 5.69 Å². The molecule has 0 saturated carbocycles. The number of aromatic nitrogens is 1. The summed E-state index contributed by atoms with van der Waals surface area (Å²) in [5.74, 6) is 0.805. The number of nitrogens with zero attached hydrogens (tertiary/aromatic N) is 6. The molecule has 2 heterocycles. The number of anilines is 1. The highest BCUT2D eigenvalue weighted by Gasteiger charge is 2.28. The Hall–Kier alpha value is -2.56. The van der Waals surface area contributed by atoms with Crippen LogP contribution in [0.15, 0.2) is 23.6 Å². The van der Waals surface area contributed by atoms with Crippen molar-refractivity contribution in [2.24, 2.45) is 5.28 Å². The number of hydrogen-bond donors (Lipinski definition) is 0. The summed E-state index contributed by atoms with van der Waals surface area (Å²) >= 11 is 0. The Bertz CT molecular complexity index is 641. The van der Waals surface area contributed by atoms with Gasteiger partial charge in [0.05, 0.1) is 23.6 Å². The molecule has 0 atom stereocenters. The van der Waals surface area contributed by atoms with E-state index in [-0.39, 0.29) is 11.6 Å². The maximum atomic E-state index is 12.1. The minimum atomic E-state index is -0.313. The highest BCUT2D eigenvalue weighted by atomic mass is 16.7. The van der Waals surface area contributed by atoms with Gasteiger partial charge in [-0.1, -0.05) is 0 Å². The molecule has 1 aliphatic rings. The van der Waals surface area contributed by atoms with Gasteiger partial charge in [0.1, 0.15) is 11.9 Å². The first-order valence-electron chi connectivity index (χ1n) is 8.55. The minimum absolute atomic E-state index is 0.0876. The molecule has 1 aromatic rings. The van der Waals surface area contributed by atoms with Gasteiger partial charge in [0.25, 0.3) is 0 Å². The van der Waals surface area contributed by atoms with Gasteiger partial charge < -0.3 is 14.9 Å². The van der Waals surface area contributed by atoms with Crippen LogP contribution in [0.1, 0.15) is 40.5 Å². The van der Waals surface area contributed by atoms with Crippen molar-refractivity contribution in [2.75, 3.05) is 24.5 Å². The van der Waals surface area contributed by atoms with Gasteiger partial charge >= 0.3 is 0 Å². The second-order valence-electron chi connectivity index (χ2n) is 7.00. The summed E-state index contributed by atoms with van der Waals surface area (Å²) < 4.78 is 0. The monoisotopic (exact) mass is 346 g/mol. The number of pyridine rings is 1. The molecule has 2 rings (SSSR count). The fourth-order valence-corrected chi connectivity index (χ4v) is 2.84. The fourth-order valence-electron chi connectivity index (χ4n) is 2.84. The van der Waals surface area contributed by atoms with Crippen LogP contribution in [-0.2, 0) is 4.84 Å². The molecule has 8 nitrogen and oxygen atoms in total. The Morgan fingerprint density at radius 1 is 1.48 bits per heavy atom. The lowest BCUT2D eigenvalue weighted by atomic mass is 10.1. The van der Waals surface area contributed by atoms with Crippen molar-refractivity contribution in [1.82, 2.24) is 9.99 Å². The van der Waals surface area contributed by atoms with Gasteiger partial charge in [-0.05, 0) is 39.8 Å². The van der Waals surface area contributed by atoms with Crippen LogP contribution < -0.4 is 4.90 Å². The van der Waals surface area contributed by atoms with E-state index < -0.39 is 0 Å². The van der Waals surface area contributed by atoms with Gasteiger partial charge in [0, 0.05) is 32.1 Å². The first-order chi connectivity index (χ1) is 11.8. The predicted octanol–water partition coefficient (Wildman–Crippen LogP) is 3.53. The van der Waals surface area contributed by atoms with Crippen LogP contribution in [0.5, 0.6) is 0 Å². The molecule has 0 unspecified atom stereocenters. The van der Waals surface area contributed by atoms with Crippen LogP contribution in [0.4, 0.5) is 11.5 Å². The molecule has 1 aliphatic heterocycles. The quantitative estimate of drug-likeness (QED) is 0.353. The van der Waals surface area contributed by atoms with Crippen molar-refractivity contribution in [3.05, 3.63) is 35.0 Å². The Morgan fingerprint density at radius 3 is 2.72 bits per heavy atom. The summed E-state index contributed by atoms with van der Waals surface area (Å²) in [7, 11) is 0. The number of piperidine rings is 1. The summed E-state index contributed by atoms with van der Waals surface area (Å²) in [6.45, 7) is 16.9. The number of hydrazine groups is 1. The maximum absolute atomic E-state index is 12.1. The van der Waals surface area contributed by atoms with Crippen LogP contribution in [0.25, 0.3) is 4.85 Å². The van der Waals surface area contributed by atoms with E-state index in [0.717, 1.165) is 31.7 Å². The predicted molar refractivity (Wildman–Crippen MR) is 95.0 cm³/mol. The molecule has 0 N–H and O–H groups in total. The minimum Gasteiger partial charge on any atom is -0.569 e. The first kappa shape index (κ1) is 18.8. The Morgan fingerprint density at radius 2 is 2.16 bits per heavy atom. The van der Waals surface area contributed by atoms with Crippen molar-refractivity contribution in [1.29, 1.82) is 0 Å². The second-order valence-corrected chi connectivity index (χ2v) is 7.00. The molecular formula is C17H26N6O2. The topological polar surface area (TPSA) is 71.4 Å². The summed E-state index contributed by atoms with van der Waals surface area (Å²) in [5, 5.41) is 17.5. The largest absolute Gasteiger partial charge is 0.569 e. The van der Waals surface area contributed by atoms with E-state index in [9.17, 15) is 5.21 Å². The molecule has 1 fully saturated rings. The molecular weight excluding hydrogens is 320 g/mol. The third-order valence-electron chi connectivity index (χ3n) is 4.17. The van der Waals surface area contributed by atoms with Crippen LogP contribution in [0, 0.1) is 11.8 Å². The van der Waals surface area contributed by atoms with Crippen molar-refractivity contribution in [2.45, 2.75) is 52.2 Å². The lowest BCUT2D eigenvalue weighted by Gasteiger charge is -2.32. The van der Waals surface area contributed by atoms with E-state index in [1.54, 1.807) is 23.3 Å². The van der Waals surface area contributed by atoms with E-state index in [1.165, 1.54) is 0 Å². The average Bonchev–Trinajstić information content (AvgIpc) is 2.60. The zero-order valence-corrected chi connectivity index (χ0v) is 15.3. The van der Waals surface area contributed by atoms with Crippen molar-refractivity contribution in [3.8, 4) is 0 Å². The third-order valence-corrected chi connectivity index (χ3v) is 4.17. The lowest BCUT2D eigenvalue weighted by molar-refractivity contribution is -0.725. The zero-order chi connectivity index (χ0) is 18.4. The smallest absolute Gasteiger partial charge is 0.233 e. The van der Waals surface area contributed by atoms with Gasteiger partial charge in [0.2, 0.25) is 5.28 Å². The Labute approximate surface area is 149 Å². The molecule has 25 heavy (non-hydrogen) atoms. The average molecular weight is 346 g/mol. The molecule has 0 radical (unpaired) electrons. The second kappa shape index (κ2) is 8.01. The molecule has 0 aliphatic carbocycles. The molecule has 1 saturated heterocycles.